The number of cyclic esters (lactones) is 1. The van der Waals surface area contributed by atoms with E-state index in [2.05, 4.69) is 4.98 Å². The average molecular weight is 486 g/mol. The topological polar surface area (TPSA) is 96.7 Å². The van der Waals surface area contributed by atoms with Crippen molar-refractivity contribution in [1.82, 2.24) is 4.98 Å². The van der Waals surface area contributed by atoms with Gasteiger partial charge >= 0.3 is 5.97 Å². The third-order valence-electron chi connectivity index (χ3n) is 8.25. The summed E-state index contributed by atoms with van der Waals surface area (Å²) >= 11 is 0. The molecular weight excluding hydrogens is 442 g/mol. The first kappa shape index (κ1) is 27.5. The minimum atomic E-state index is -1.20. The standard InChI is InChI=1S/C29H43NO5/c1-17-10-11-23(30-16-17)12-19(3)24-14-22-13-21(22)9-7-8-18(2)27(33)20(4)28(34)29(5,6)25(31)15-26(32)35-24/h10-12,16,18,20-22,24-25,27,31,33H,7-9,13-15H2,1-6H3/t18-,20+,21-,22-,24?,25-,27-/m0/s1. The number of carbonyl (C=O) groups excluding carboxylic acids is 2. The van der Waals surface area contributed by atoms with Gasteiger partial charge in [-0.1, -0.05) is 46.6 Å². The van der Waals surface area contributed by atoms with Crippen LogP contribution in [0, 0.1) is 36.0 Å². The lowest BCUT2D eigenvalue weighted by Gasteiger charge is -2.34. The van der Waals surface area contributed by atoms with Crippen molar-refractivity contribution in [3.63, 3.8) is 0 Å². The number of hydrogen-bond acceptors (Lipinski definition) is 6. The van der Waals surface area contributed by atoms with Gasteiger partial charge in [-0.2, -0.15) is 0 Å². The Morgan fingerprint density at radius 3 is 2.49 bits per heavy atom. The molecule has 0 spiro atoms. The number of ketones is 1. The fraction of sp³-hybridized carbons (Fsp3) is 0.690. The van der Waals surface area contributed by atoms with Crippen LogP contribution < -0.4 is 0 Å². The van der Waals surface area contributed by atoms with E-state index in [0.29, 0.717) is 11.8 Å². The molecule has 1 aliphatic heterocycles. The van der Waals surface area contributed by atoms with Crippen LogP contribution in [0.4, 0.5) is 0 Å². The van der Waals surface area contributed by atoms with Gasteiger partial charge in [0, 0.05) is 12.1 Å². The van der Waals surface area contributed by atoms with E-state index in [-0.39, 0.29) is 24.2 Å². The molecule has 1 aromatic heterocycles. The quantitative estimate of drug-likeness (QED) is 0.579. The molecule has 0 aromatic carbocycles. The van der Waals surface area contributed by atoms with E-state index in [1.54, 1.807) is 20.8 Å². The Labute approximate surface area is 210 Å². The van der Waals surface area contributed by atoms with Crippen LogP contribution >= 0.6 is 0 Å². The highest BCUT2D eigenvalue weighted by atomic mass is 16.5. The Hall–Kier alpha value is -2.05. The van der Waals surface area contributed by atoms with Crippen molar-refractivity contribution in [2.45, 2.75) is 98.4 Å². The predicted molar refractivity (Wildman–Crippen MR) is 136 cm³/mol. The highest BCUT2D eigenvalue weighted by molar-refractivity contribution is 5.88. The van der Waals surface area contributed by atoms with Gasteiger partial charge in [-0.05, 0) is 74.1 Å². The van der Waals surface area contributed by atoms with Gasteiger partial charge < -0.3 is 14.9 Å². The van der Waals surface area contributed by atoms with Crippen molar-refractivity contribution in [3.8, 4) is 0 Å². The molecule has 194 valence electrons. The molecule has 1 saturated heterocycles. The number of nitrogens with zero attached hydrogens (tertiary/aromatic N) is 1. The van der Waals surface area contributed by atoms with E-state index in [4.69, 9.17) is 4.74 Å². The van der Waals surface area contributed by atoms with Crippen molar-refractivity contribution < 1.29 is 24.5 Å². The first-order valence-corrected chi connectivity index (χ1v) is 13.1. The number of ether oxygens (including phenoxy) is 1. The second kappa shape index (κ2) is 11.3. The van der Waals surface area contributed by atoms with Crippen molar-refractivity contribution in [3.05, 3.63) is 35.2 Å². The Bertz CT molecular complexity index is 922. The van der Waals surface area contributed by atoms with Gasteiger partial charge in [0.05, 0.1) is 29.7 Å². The third-order valence-corrected chi connectivity index (χ3v) is 8.25. The molecule has 3 rings (SSSR count). The first-order chi connectivity index (χ1) is 16.4. The van der Waals surface area contributed by atoms with E-state index in [9.17, 15) is 19.8 Å². The summed E-state index contributed by atoms with van der Waals surface area (Å²) in [7, 11) is 0. The number of hydrogen-bond donors (Lipinski definition) is 2. The monoisotopic (exact) mass is 485 g/mol. The lowest BCUT2D eigenvalue weighted by molar-refractivity contribution is -0.154. The SMILES string of the molecule is CC(=Cc1ccc(C)cn1)C1C[C@@H]2C[C@@H]2CCC[C@H](C)[C@H](O)[C@@H](C)C(=O)C(C)(C)[C@@H](O)CC(=O)O1. The Kier molecular flexibility index (Phi) is 8.92. The van der Waals surface area contributed by atoms with Crippen LogP contribution in [0.3, 0.4) is 0 Å². The zero-order valence-electron chi connectivity index (χ0n) is 22.2. The van der Waals surface area contributed by atoms with Crippen LogP contribution in [0.15, 0.2) is 23.9 Å². The second-order valence-corrected chi connectivity index (χ2v) is 11.6. The highest BCUT2D eigenvalue weighted by Gasteiger charge is 2.43. The summed E-state index contributed by atoms with van der Waals surface area (Å²) in [6, 6.07) is 3.95. The summed E-state index contributed by atoms with van der Waals surface area (Å²) in [6.45, 7) is 11.0. The fourth-order valence-corrected chi connectivity index (χ4v) is 5.34. The van der Waals surface area contributed by atoms with Gasteiger partial charge in [0.2, 0.25) is 0 Å². The van der Waals surface area contributed by atoms with Crippen LogP contribution in [-0.4, -0.2) is 45.3 Å². The van der Waals surface area contributed by atoms with Gasteiger partial charge in [-0.3, -0.25) is 14.6 Å². The molecule has 2 N–H and O–H groups in total. The Morgan fingerprint density at radius 1 is 1.11 bits per heavy atom. The largest absolute Gasteiger partial charge is 0.458 e. The van der Waals surface area contributed by atoms with E-state index < -0.39 is 29.5 Å². The molecular formula is C29H43NO5. The summed E-state index contributed by atoms with van der Waals surface area (Å²) in [5.74, 6) is -0.271. The number of rotatable bonds is 2. The fourth-order valence-electron chi connectivity index (χ4n) is 5.34. The molecule has 6 nitrogen and oxygen atoms in total. The maximum absolute atomic E-state index is 13.2. The normalized spacial score (nSPS) is 35.2. The molecule has 1 aliphatic carbocycles. The Morgan fingerprint density at radius 2 is 1.83 bits per heavy atom. The molecule has 0 amide bonds. The minimum absolute atomic E-state index is 0.00287. The lowest BCUT2D eigenvalue weighted by atomic mass is 9.73. The number of fused-ring (bicyclic) bond motifs is 1. The number of pyridine rings is 1. The van der Waals surface area contributed by atoms with Gasteiger partial charge in [0.1, 0.15) is 11.9 Å². The number of carbonyl (C=O) groups is 2. The van der Waals surface area contributed by atoms with Crippen LogP contribution in [-0.2, 0) is 14.3 Å². The maximum Gasteiger partial charge on any atom is 0.309 e. The smallest absolute Gasteiger partial charge is 0.309 e. The zero-order chi connectivity index (χ0) is 25.9. The molecule has 7 atom stereocenters. The molecule has 1 unspecified atom stereocenters. The molecule has 1 saturated carbocycles. The van der Waals surface area contributed by atoms with Crippen LogP contribution in [0.2, 0.25) is 0 Å². The lowest BCUT2D eigenvalue weighted by Crippen LogP contribution is -2.45. The predicted octanol–water partition coefficient (Wildman–Crippen LogP) is 4.89. The number of esters is 1. The molecule has 2 heterocycles. The maximum atomic E-state index is 13.2. The minimum Gasteiger partial charge on any atom is -0.458 e. The zero-order valence-corrected chi connectivity index (χ0v) is 22.2. The van der Waals surface area contributed by atoms with Crippen LogP contribution in [0.25, 0.3) is 6.08 Å². The van der Waals surface area contributed by atoms with Crippen molar-refractivity contribution >= 4 is 17.8 Å². The molecule has 1 aromatic rings. The molecule has 35 heavy (non-hydrogen) atoms. The van der Waals surface area contributed by atoms with Crippen LogP contribution in [0.1, 0.15) is 84.4 Å². The van der Waals surface area contributed by atoms with E-state index in [1.165, 1.54) is 0 Å². The summed E-state index contributed by atoms with van der Waals surface area (Å²) in [5, 5.41) is 21.7. The second-order valence-electron chi connectivity index (χ2n) is 11.6. The van der Waals surface area contributed by atoms with Gasteiger partial charge in [-0.25, -0.2) is 0 Å². The van der Waals surface area contributed by atoms with Crippen molar-refractivity contribution in [2.24, 2.45) is 29.1 Å². The highest BCUT2D eigenvalue weighted by Crippen LogP contribution is 2.47. The van der Waals surface area contributed by atoms with E-state index >= 15 is 0 Å². The van der Waals surface area contributed by atoms with Crippen LogP contribution in [0.5, 0.6) is 0 Å². The third kappa shape index (κ3) is 7.01. The molecule has 6 heteroatoms. The summed E-state index contributed by atoms with van der Waals surface area (Å²) in [5.41, 5.74) is 1.65. The average Bonchev–Trinajstić information content (AvgIpc) is 3.55. The van der Waals surface area contributed by atoms with Crippen molar-refractivity contribution in [1.29, 1.82) is 0 Å². The van der Waals surface area contributed by atoms with E-state index in [1.807, 2.05) is 45.2 Å². The Balaban J connectivity index is 1.82. The number of aromatic nitrogens is 1. The number of aryl methyl sites for hydroxylation is 1. The van der Waals surface area contributed by atoms with Gasteiger partial charge in [0.15, 0.2) is 0 Å². The van der Waals surface area contributed by atoms with Gasteiger partial charge in [-0.15, -0.1) is 0 Å². The van der Waals surface area contributed by atoms with Gasteiger partial charge in [0.25, 0.3) is 0 Å². The number of aliphatic hydroxyl groups excluding tert-OH is 2. The number of Topliss-reactive ketones (excluding diaryl/α,β-unsaturated/α-hetero) is 1. The summed E-state index contributed by atoms with van der Waals surface area (Å²) in [6.07, 6.45) is 5.96. The number of aliphatic hydroxyl groups is 2. The van der Waals surface area contributed by atoms with Crippen molar-refractivity contribution in [2.75, 3.05) is 0 Å². The summed E-state index contributed by atoms with van der Waals surface area (Å²) in [4.78, 5) is 30.6. The molecule has 0 bridgehead atoms. The molecule has 2 fully saturated rings. The van der Waals surface area contributed by atoms with E-state index in [0.717, 1.165) is 48.9 Å². The molecule has 0 radical (unpaired) electrons. The molecule has 2 aliphatic rings. The summed E-state index contributed by atoms with van der Waals surface area (Å²) < 4.78 is 5.91. The first-order valence-electron chi connectivity index (χ1n) is 13.1.